The summed E-state index contributed by atoms with van der Waals surface area (Å²) in [5, 5.41) is 10.8. The summed E-state index contributed by atoms with van der Waals surface area (Å²) >= 11 is 0. The minimum Gasteiger partial charge on any atom is -0.432 e. The van der Waals surface area contributed by atoms with Gasteiger partial charge < -0.3 is 9.90 Å². The van der Waals surface area contributed by atoms with Crippen molar-refractivity contribution in [3.63, 3.8) is 0 Å². The molecule has 4 saturated carbocycles. The SMILES string of the molecule is CC(C)(C[C@@H]1CC[C@@H]2[C@H]3CC[C@@H]4C[C@@](C)(O)CC[C@@]4(C)[C@@H]3CC[C@@]12C)[Si](C)(C)O. The molecule has 29 heavy (non-hydrogen) atoms. The minimum absolute atomic E-state index is 0.102. The molecule has 4 rings (SSSR count). The Morgan fingerprint density at radius 3 is 2.17 bits per heavy atom. The molecule has 0 radical (unpaired) electrons. The highest BCUT2D eigenvalue weighted by Gasteiger charge is 2.61. The van der Waals surface area contributed by atoms with Crippen molar-refractivity contribution >= 4 is 8.32 Å². The van der Waals surface area contributed by atoms with Crippen LogP contribution < -0.4 is 0 Å². The lowest BCUT2D eigenvalue weighted by atomic mass is 9.44. The molecule has 0 aromatic carbocycles. The van der Waals surface area contributed by atoms with Gasteiger partial charge in [0, 0.05) is 0 Å². The van der Waals surface area contributed by atoms with E-state index in [9.17, 15) is 9.90 Å². The van der Waals surface area contributed by atoms with Crippen LogP contribution in [0.3, 0.4) is 0 Å². The molecule has 2 N–H and O–H groups in total. The smallest absolute Gasteiger partial charge is 0.188 e. The number of rotatable bonds is 3. The van der Waals surface area contributed by atoms with Crippen LogP contribution in [0.1, 0.15) is 98.8 Å². The fraction of sp³-hybridized carbons (Fsp3) is 1.00. The van der Waals surface area contributed by atoms with Crippen LogP contribution >= 0.6 is 0 Å². The van der Waals surface area contributed by atoms with Crippen LogP contribution in [0.15, 0.2) is 0 Å². The Hall–Kier alpha value is 0.137. The van der Waals surface area contributed by atoms with Crippen LogP contribution in [0.2, 0.25) is 18.1 Å². The zero-order valence-corrected chi connectivity index (χ0v) is 21.4. The van der Waals surface area contributed by atoms with Gasteiger partial charge in [-0.2, -0.15) is 0 Å². The maximum atomic E-state index is 10.9. The Kier molecular flexibility index (Phi) is 5.25. The average Bonchev–Trinajstić information content (AvgIpc) is 2.90. The zero-order valence-electron chi connectivity index (χ0n) is 20.4. The van der Waals surface area contributed by atoms with E-state index in [0.29, 0.717) is 10.8 Å². The van der Waals surface area contributed by atoms with E-state index in [1.165, 1.54) is 51.4 Å². The maximum Gasteiger partial charge on any atom is 0.188 e. The molecule has 0 unspecified atom stereocenters. The molecule has 0 aliphatic heterocycles. The van der Waals surface area contributed by atoms with Gasteiger partial charge in [-0.25, -0.2) is 0 Å². The van der Waals surface area contributed by atoms with E-state index in [1.807, 2.05) is 0 Å². The highest BCUT2D eigenvalue weighted by atomic mass is 28.4. The summed E-state index contributed by atoms with van der Waals surface area (Å²) in [4.78, 5) is 10.9. The third-order valence-corrected chi connectivity index (χ3v) is 15.1. The predicted molar refractivity (Wildman–Crippen MR) is 124 cm³/mol. The van der Waals surface area contributed by atoms with E-state index in [-0.39, 0.29) is 5.04 Å². The van der Waals surface area contributed by atoms with Gasteiger partial charge in [-0.15, -0.1) is 0 Å². The highest BCUT2D eigenvalue weighted by Crippen LogP contribution is 2.69. The monoisotopic (exact) mass is 420 g/mol. The second-order valence-corrected chi connectivity index (χ2v) is 18.3. The van der Waals surface area contributed by atoms with Gasteiger partial charge in [-0.05, 0) is 130 Å². The Bertz CT molecular complexity index is 635. The second kappa shape index (κ2) is 6.82. The molecule has 4 aliphatic rings. The predicted octanol–water partition coefficient (Wildman–Crippen LogP) is 6.76. The van der Waals surface area contributed by atoms with Gasteiger partial charge in [-0.1, -0.05) is 27.7 Å². The molecule has 0 bridgehead atoms. The molecule has 168 valence electrons. The average molecular weight is 421 g/mol. The normalized spacial score (nSPS) is 50.6. The molecule has 0 spiro atoms. The Morgan fingerprint density at radius 1 is 0.862 bits per heavy atom. The van der Waals surface area contributed by atoms with Crippen molar-refractivity contribution in [3.05, 3.63) is 0 Å². The maximum absolute atomic E-state index is 10.9. The Morgan fingerprint density at radius 2 is 1.52 bits per heavy atom. The second-order valence-electron chi connectivity index (χ2n) is 13.8. The lowest BCUT2D eigenvalue weighted by Crippen LogP contribution is -2.55. The summed E-state index contributed by atoms with van der Waals surface area (Å²) in [5.74, 6) is 4.20. The van der Waals surface area contributed by atoms with Crippen molar-refractivity contribution in [2.75, 3.05) is 0 Å². The fourth-order valence-electron chi connectivity index (χ4n) is 8.74. The first-order chi connectivity index (χ1) is 13.2. The molecule has 0 aromatic heterocycles. The Labute approximate surface area is 181 Å². The summed E-state index contributed by atoms with van der Waals surface area (Å²) in [6.07, 6.45) is 12.8. The van der Waals surface area contributed by atoms with Gasteiger partial charge in [0.15, 0.2) is 8.32 Å². The molecule has 3 heteroatoms. The first-order valence-electron chi connectivity index (χ1n) is 12.6. The van der Waals surface area contributed by atoms with Gasteiger partial charge in [0.05, 0.1) is 5.60 Å². The van der Waals surface area contributed by atoms with Crippen LogP contribution in [0.4, 0.5) is 0 Å². The molecule has 4 fully saturated rings. The summed E-state index contributed by atoms with van der Waals surface area (Å²) in [6.45, 7) is 16.3. The van der Waals surface area contributed by atoms with Crippen LogP contribution in [-0.2, 0) is 0 Å². The van der Waals surface area contributed by atoms with Gasteiger partial charge >= 0.3 is 0 Å². The largest absolute Gasteiger partial charge is 0.432 e. The van der Waals surface area contributed by atoms with Crippen molar-refractivity contribution in [2.45, 2.75) is 123 Å². The topological polar surface area (TPSA) is 40.5 Å². The molecule has 0 saturated heterocycles. The summed E-state index contributed by atoms with van der Waals surface area (Å²) in [5.41, 5.74) is 0.524. The molecule has 0 aromatic rings. The fourth-order valence-corrected chi connectivity index (χ4v) is 9.49. The van der Waals surface area contributed by atoms with E-state index in [0.717, 1.165) is 42.4 Å². The molecular weight excluding hydrogens is 372 g/mol. The molecule has 0 amide bonds. The van der Waals surface area contributed by atoms with Gasteiger partial charge in [0.2, 0.25) is 0 Å². The molecule has 8 atom stereocenters. The van der Waals surface area contributed by atoms with Gasteiger partial charge in [0.25, 0.3) is 0 Å². The number of fused-ring (bicyclic) bond motifs is 5. The molecule has 2 nitrogen and oxygen atoms in total. The molecule has 4 aliphatic carbocycles. The van der Waals surface area contributed by atoms with Crippen LogP contribution in [0, 0.1) is 40.4 Å². The van der Waals surface area contributed by atoms with Crippen LogP contribution in [-0.4, -0.2) is 23.8 Å². The van der Waals surface area contributed by atoms with Crippen molar-refractivity contribution < 1.29 is 9.90 Å². The van der Waals surface area contributed by atoms with Gasteiger partial charge in [0.1, 0.15) is 0 Å². The van der Waals surface area contributed by atoms with Gasteiger partial charge in [-0.3, -0.25) is 0 Å². The highest BCUT2D eigenvalue weighted by molar-refractivity contribution is 6.72. The number of aliphatic hydroxyl groups is 1. The zero-order chi connectivity index (χ0) is 21.5. The van der Waals surface area contributed by atoms with E-state index in [4.69, 9.17) is 0 Å². The first-order valence-corrected chi connectivity index (χ1v) is 15.6. The summed E-state index contributed by atoms with van der Waals surface area (Å²) < 4.78 is 0. The van der Waals surface area contributed by atoms with E-state index >= 15 is 0 Å². The van der Waals surface area contributed by atoms with Crippen LogP contribution in [0.5, 0.6) is 0 Å². The van der Waals surface area contributed by atoms with Crippen molar-refractivity contribution in [1.82, 2.24) is 0 Å². The first kappa shape index (κ1) is 22.3. The third kappa shape index (κ3) is 3.50. The third-order valence-electron chi connectivity index (χ3n) is 11.6. The summed E-state index contributed by atoms with van der Waals surface area (Å²) in [6, 6.07) is 0. The lowest BCUT2D eigenvalue weighted by molar-refractivity contribution is -0.146. The van der Waals surface area contributed by atoms with Crippen molar-refractivity contribution in [3.8, 4) is 0 Å². The van der Waals surface area contributed by atoms with E-state index in [1.54, 1.807) is 0 Å². The number of hydrogen-bond donors (Lipinski definition) is 2. The summed E-state index contributed by atoms with van der Waals surface area (Å²) in [7, 11) is -2.15. The lowest BCUT2D eigenvalue weighted by Gasteiger charge is -2.62. The molecular formula is C26H48O2Si. The van der Waals surface area contributed by atoms with E-state index < -0.39 is 13.9 Å². The standard InChI is InChI=1S/C26H48O2Si/c1-23(2,29(6,7)28)16-18-9-11-21-20-10-8-19-17-24(3,27)14-15-26(19,5)22(20)12-13-25(18,21)4/h18-22,27-28H,8-17H2,1-7H3/t18-,19+,20+,21+,22+,24-,25-,26+/m0/s1. The number of hydrogen-bond acceptors (Lipinski definition) is 2. The van der Waals surface area contributed by atoms with Crippen molar-refractivity contribution in [2.24, 2.45) is 40.4 Å². The van der Waals surface area contributed by atoms with E-state index in [2.05, 4.69) is 47.7 Å². The quantitative estimate of drug-likeness (QED) is 0.495. The Balaban J connectivity index is 1.54. The van der Waals surface area contributed by atoms with Crippen LogP contribution in [0.25, 0.3) is 0 Å². The molecule has 0 heterocycles. The van der Waals surface area contributed by atoms with Crippen molar-refractivity contribution in [1.29, 1.82) is 0 Å². The minimum atomic E-state index is -2.15.